The Morgan fingerprint density at radius 1 is 1.04 bits per heavy atom. The van der Waals surface area contributed by atoms with Crippen molar-refractivity contribution in [1.82, 2.24) is 9.80 Å². The fourth-order valence-corrected chi connectivity index (χ4v) is 3.34. The Bertz CT molecular complexity index is 750. The Labute approximate surface area is 161 Å². The van der Waals surface area contributed by atoms with E-state index in [1.807, 2.05) is 35.2 Å². The van der Waals surface area contributed by atoms with E-state index in [9.17, 15) is 4.79 Å². The summed E-state index contributed by atoms with van der Waals surface area (Å²) < 4.78 is 5.43. The van der Waals surface area contributed by atoms with E-state index in [-0.39, 0.29) is 6.03 Å². The van der Waals surface area contributed by atoms with E-state index in [4.69, 9.17) is 4.74 Å². The molecule has 1 aliphatic rings. The van der Waals surface area contributed by atoms with Crippen molar-refractivity contribution in [3.05, 3.63) is 59.7 Å². The molecule has 0 atom stereocenters. The van der Waals surface area contributed by atoms with Gasteiger partial charge in [0.15, 0.2) is 0 Å². The number of amides is 2. The first-order valence-corrected chi connectivity index (χ1v) is 9.57. The molecular formula is C22H29N3O2. The summed E-state index contributed by atoms with van der Waals surface area (Å²) in [6, 6.07) is 16.2. The quantitative estimate of drug-likeness (QED) is 0.863. The van der Waals surface area contributed by atoms with Crippen LogP contribution in [0.1, 0.15) is 30.9 Å². The fourth-order valence-electron chi connectivity index (χ4n) is 3.34. The fraction of sp³-hybridized carbons (Fsp3) is 0.409. The third-order valence-corrected chi connectivity index (χ3v) is 5.07. The zero-order chi connectivity index (χ0) is 19.2. The Balaban J connectivity index is 1.50. The van der Waals surface area contributed by atoms with Gasteiger partial charge in [0.25, 0.3) is 0 Å². The molecule has 1 heterocycles. The van der Waals surface area contributed by atoms with Crippen molar-refractivity contribution in [1.29, 1.82) is 0 Å². The molecule has 5 heteroatoms. The molecule has 0 saturated carbocycles. The van der Waals surface area contributed by atoms with Gasteiger partial charge in [-0.05, 0) is 29.7 Å². The molecular weight excluding hydrogens is 338 g/mol. The Morgan fingerprint density at radius 2 is 1.70 bits per heavy atom. The molecule has 0 bridgehead atoms. The van der Waals surface area contributed by atoms with E-state index < -0.39 is 0 Å². The first-order chi connectivity index (χ1) is 13.1. The zero-order valence-electron chi connectivity index (χ0n) is 16.4. The maximum absolute atomic E-state index is 12.5. The highest BCUT2D eigenvalue weighted by molar-refractivity contribution is 5.89. The molecule has 3 rings (SSSR count). The number of para-hydroxylation sites is 1. The number of carbonyl (C=O) groups excluding carboxylic acids is 1. The molecule has 2 aromatic rings. The van der Waals surface area contributed by atoms with Crippen LogP contribution >= 0.6 is 0 Å². The summed E-state index contributed by atoms with van der Waals surface area (Å²) in [7, 11) is 1.70. The van der Waals surface area contributed by atoms with Gasteiger partial charge in [0.05, 0.1) is 7.11 Å². The monoisotopic (exact) mass is 367 g/mol. The highest BCUT2D eigenvalue weighted by atomic mass is 16.5. The van der Waals surface area contributed by atoms with Crippen molar-refractivity contribution < 1.29 is 9.53 Å². The number of hydrogen-bond acceptors (Lipinski definition) is 3. The van der Waals surface area contributed by atoms with Crippen LogP contribution in [-0.4, -0.2) is 49.1 Å². The van der Waals surface area contributed by atoms with Crippen molar-refractivity contribution in [2.24, 2.45) is 0 Å². The standard InChI is InChI=1S/C22H29N3O2/c1-17(2)18-8-10-20(11-9-18)23-22(26)25-14-12-24(13-15-25)16-19-6-4-5-7-21(19)27-3/h4-11,17H,12-16H2,1-3H3,(H,23,26). The minimum absolute atomic E-state index is 0.0239. The molecule has 2 amide bonds. The number of nitrogens with one attached hydrogen (secondary N) is 1. The molecule has 5 nitrogen and oxygen atoms in total. The Hall–Kier alpha value is -2.53. The Morgan fingerprint density at radius 3 is 2.33 bits per heavy atom. The van der Waals surface area contributed by atoms with E-state index in [1.165, 1.54) is 11.1 Å². The van der Waals surface area contributed by atoms with E-state index in [0.717, 1.165) is 44.2 Å². The van der Waals surface area contributed by atoms with Gasteiger partial charge in [-0.1, -0.05) is 44.2 Å². The number of piperazine rings is 1. The second kappa shape index (κ2) is 8.91. The molecule has 0 spiro atoms. The minimum atomic E-state index is -0.0239. The van der Waals surface area contributed by atoms with Gasteiger partial charge < -0.3 is 15.0 Å². The maximum Gasteiger partial charge on any atom is 0.321 e. The first-order valence-electron chi connectivity index (χ1n) is 9.57. The van der Waals surface area contributed by atoms with Gasteiger partial charge in [0.1, 0.15) is 5.75 Å². The highest BCUT2D eigenvalue weighted by Gasteiger charge is 2.21. The average Bonchev–Trinajstić information content (AvgIpc) is 2.69. The normalized spacial score (nSPS) is 15.0. The second-order valence-corrected chi connectivity index (χ2v) is 7.28. The van der Waals surface area contributed by atoms with Crippen molar-refractivity contribution in [2.75, 3.05) is 38.6 Å². The van der Waals surface area contributed by atoms with Gasteiger partial charge in [-0.15, -0.1) is 0 Å². The zero-order valence-corrected chi connectivity index (χ0v) is 16.4. The van der Waals surface area contributed by atoms with Crippen LogP contribution in [-0.2, 0) is 6.54 Å². The van der Waals surface area contributed by atoms with Crippen LogP contribution in [0.3, 0.4) is 0 Å². The van der Waals surface area contributed by atoms with Crippen LogP contribution in [0.5, 0.6) is 5.75 Å². The summed E-state index contributed by atoms with van der Waals surface area (Å²) in [4.78, 5) is 16.8. The maximum atomic E-state index is 12.5. The van der Waals surface area contributed by atoms with Crippen LogP contribution in [0.25, 0.3) is 0 Å². The number of rotatable bonds is 5. The summed E-state index contributed by atoms with van der Waals surface area (Å²) >= 11 is 0. The highest BCUT2D eigenvalue weighted by Crippen LogP contribution is 2.20. The van der Waals surface area contributed by atoms with Gasteiger partial charge in [0.2, 0.25) is 0 Å². The summed E-state index contributed by atoms with van der Waals surface area (Å²) in [5.41, 5.74) is 3.31. The second-order valence-electron chi connectivity index (χ2n) is 7.28. The molecule has 0 aliphatic carbocycles. The van der Waals surface area contributed by atoms with Crippen molar-refractivity contribution in [3.8, 4) is 5.75 Å². The predicted octanol–water partition coefficient (Wildman–Crippen LogP) is 4.17. The van der Waals surface area contributed by atoms with E-state index in [0.29, 0.717) is 5.92 Å². The van der Waals surface area contributed by atoms with Crippen molar-refractivity contribution in [2.45, 2.75) is 26.3 Å². The van der Waals surface area contributed by atoms with Crippen LogP contribution in [0.4, 0.5) is 10.5 Å². The van der Waals surface area contributed by atoms with Crippen LogP contribution in [0.2, 0.25) is 0 Å². The molecule has 2 aromatic carbocycles. The van der Waals surface area contributed by atoms with Crippen LogP contribution in [0, 0.1) is 0 Å². The van der Waals surface area contributed by atoms with Gasteiger partial charge >= 0.3 is 6.03 Å². The number of nitrogens with zero attached hydrogens (tertiary/aromatic N) is 2. The summed E-state index contributed by atoms with van der Waals surface area (Å²) in [6.45, 7) is 8.35. The third-order valence-electron chi connectivity index (χ3n) is 5.07. The number of urea groups is 1. The number of anilines is 1. The molecule has 1 aliphatic heterocycles. The number of carbonyl (C=O) groups is 1. The SMILES string of the molecule is COc1ccccc1CN1CCN(C(=O)Nc2ccc(C(C)C)cc2)CC1. The topological polar surface area (TPSA) is 44.8 Å². The van der Waals surface area contributed by atoms with E-state index in [1.54, 1.807) is 7.11 Å². The Kier molecular flexibility index (Phi) is 6.35. The van der Waals surface area contributed by atoms with E-state index >= 15 is 0 Å². The molecule has 1 saturated heterocycles. The largest absolute Gasteiger partial charge is 0.496 e. The lowest BCUT2D eigenvalue weighted by atomic mass is 10.0. The number of methoxy groups -OCH3 is 1. The molecule has 27 heavy (non-hydrogen) atoms. The number of ether oxygens (including phenoxy) is 1. The summed E-state index contributed by atoms with van der Waals surface area (Å²) in [5.74, 6) is 1.41. The van der Waals surface area contributed by atoms with Crippen molar-refractivity contribution in [3.63, 3.8) is 0 Å². The molecule has 1 N–H and O–H groups in total. The smallest absolute Gasteiger partial charge is 0.321 e. The van der Waals surface area contributed by atoms with Gasteiger partial charge in [-0.3, -0.25) is 4.90 Å². The minimum Gasteiger partial charge on any atom is -0.496 e. The van der Waals surface area contributed by atoms with Gasteiger partial charge in [0, 0.05) is 44.0 Å². The molecule has 1 fully saturated rings. The molecule has 0 radical (unpaired) electrons. The molecule has 0 unspecified atom stereocenters. The lowest BCUT2D eigenvalue weighted by Gasteiger charge is -2.34. The predicted molar refractivity (Wildman–Crippen MR) is 109 cm³/mol. The lowest BCUT2D eigenvalue weighted by Crippen LogP contribution is -2.49. The van der Waals surface area contributed by atoms with Gasteiger partial charge in [-0.25, -0.2) is 4.79 Å². The lowest BCUT2D eigenvalue weighted by molar-refractivity contribution is 0.142. The third kappa shape index (κ3) is 5.01. The van der Waals surface area contributed by atoms with Crippen LogP contribution in [0.15, 0.2) is 48.5 Å². The number of benzene rings is 2. The molecule has 0 aromatic heterocycles. The van der Waals surface area contributed by atoms with Crippen molar-refractivity contribution >= 4 is 11.7 Å². The number of hydrogen-bond donors (Lipinski definition) is 1. The molecule has 144 valence electrons. The first kappa shape index (κ1) is 19.2. The summed E-state index contributed by atoms with van der Waals surface area (Å²) in [6.07, 6.45) is 0. The van der Waals surface area contributed by atoms with Gasteiger partial charge in [-0.2, -0.15) is 0 Å². The average molecular weight is 367 g/mol. The van der Waals surface area contributed by atoms with E-state index in [2.05, 4.69) is 42.3 Å². The van der Waals surface area contributed by atoms with Crippen LogP contribution < -0.4 is 10.1 Å². The summed E-state index contributed by atoms with van der Waals surface area (Å²) in [5, 5.41) is 3.01.